The van der Waals surface area contributed by atoms with Gasteiger partial charge in [-0.05, 0) is 73.6 Å². The number of thiocarbonyl (C=S) groups is 1. The van der Waals surface area contributed by atoms with Crippen molar-refractivity contribution >= 4 is 28.9 Å². The monoisotopic (exact) mass is 472 g/mol. The van der Waals surface area contributed by atoms with Gasteiger partial charge in [0.15, 0.2) is 5.11 Å². The minimum atomic E-state index is -0.0456. The van der Waals surface area contributed by atoms with Gasteiger partial charge in [0, 0.05) is 34.8 Å². The second-order valence-corrected chi connectivity index (χ2v) is 9.20. The maximum Gasteiger partial charge on any atom is 0.170 e. The highest BCUT2D eigenvalue weighted by molar-refractivity contribution is 7.80. The normalized spacial score (nSPS) is 17.9. The number of rotatable bonds is 5. The molecule has 33 heavy (non-hydrogen) atoms. The van der Waals surface area contributed by atoms with Crippen LogP contribution in [0.25, 0.3) is 5.69 Å². The summed E-state index contributed by atoms with van der Waals surface area (Å²) in [4.78, 5) is 6.95. The quantitative estimate of drug-likeness (QED) is 0.345. The van der Waals surface area contributed by atoms with E-state index in [4.69, 9.17) is 23.8 Å². The molecule has 4 nitrogen and oxygen atoms in total. The topological polar surface area (TPSA) is 33.1 Å². The number of aromatic nitrogens is 2. The minimum Gasteiger partial charge on any atom is -0.352 e. The van der Waals surface area contributed by atoms with E-state index in [1.165, 1.54) is 16.8 Å². The summed E-state index contributed by atoms with van der Waals surface area (Å²) in [6, 6.07) is 26.7. The van der Waals surface area contributed by atoms with Gasteiger partial charge in [0.05, 0.1) is 17.8 Å². The molecule has 6 heteroatoms. The zero-order valence-electron chi connectivity index (χ0n) is 18.6. The average molecular weight is 473 g/mol. The Hall–Kier alpha value is -3.15. The van der Waals surface area contributed by atoms with E-state index in [-0.39, 0.29) is 12.1 Å². The van der Waals surface area contributed by atoms with Gasteiger partial charge >= 0.3 is 0 Å². The van der Waals surface area contributed by atoms with E-state index in [1.807, 2.05) is 42.6 Å². The summed E-state index contributed by atoms with van der Waals surface area (Å²) in [5.74, 6) is 0. The molecule has 2 atom stereocenters. The summed E-state index contributed by atoms with van der Waals surface area (Å²) in [6.45, 7) is 5.03. The number of aryl methyl sites for hydroxylation is 1. The van der Waals surface area contributed by atoms with Crippen LogP contribution in [0.3, 0.4) is 0 Å². The smallest absolute Gasteiger partial charge is 0.170 e. The van der Waals surface area contributed by atoms with E-state index in [9.17, 15) is 0 Å². The van der Waals surface area contributed by atoms with Crippen LogP contribution >= 0.6 is 23.8 Å². The van der Waals surface area contributed by atoms with Crippen LogP contribution in [0, 0.1) is 13.8 Å². The Morgan fingerprint density at radius 2 is 1.76 bits per heavy atom. The molecule has 1 aliphatic heterocycles. The van der Waals surface area contributed by atoms with Crippen LogP contribution in [0.5, 0.6) is 0 Å². The van der Waals surface area contributed by atoms with Crippen molar-refractivity contribution in [3.8, 4) is 5.69 Å². The van der Waals surface area contributed by atoms with Gasteiger partial charge in [-0.1, -0.05) is 54.1 Å². The van der Waals surface area contributed by atoms with Crippen LogP contribution in [0.15, 0.2) is 85.1 Å². The number of hydrogen-bond acceptors (Lipinski definition) is 2. The molecule has 1 aliphatic rings. The van der Waals surface area contributed by atoms with E-state index < -0.39 is 0 Å². The summed E-state index contributed by atoms with van der Waals surface area (Å²) < 4.78 is 2.26. The van der Waals surface area contributed by atoms with Crippen molar-refractivity contribution in [2.75, 3.05) is 0 Å². The molecular formula is C27H25ClN4S. The van der Waals surface area contributed by atoms with Crippen molar-refractivity contribution in [2.24, 2.45) is 0 Å². The Bertz CT molecular complexity index is 1290. The maximum atomic E-state index is 6.31. The second kappa shape index (κ2) is 9.00. The summed E-state index contributed by atoms with van der Waals surface area (Å²) >= 11 is 12.2. The summed E-state index contributed by atoms with van der Waals surface area (Å²) in [6.07, 6.45) is 1.84. The van der Waals surface area contributed by atoms with Crippen LogP contribution in [0.1, 0.15) is 40.3 Å². The lowest BCUT2D eigenvalue weighted by atomic mass is 9.96. The Labute approximate surface area is 204 Å². The highest BCUT2D eigenvalue weighted by Crippen LogP contribution is 2.42. The van der Waals surface area contributed by atoms with E-state index in [2.05, 4.69) is 76.1 Å². The highest BCUT2D eigenvalue weighted by atomic mass is 35.5. The highest BCUT2D eigenvalue weighted by Gasteiger charge is 2.41. The molecule has 0 saturated carbocycles. The van der Waals surface area contributed by atoms with E-state index in [0.717, 1.165) is 33.8 Å². The molecule has 3 heterocycles. The molecule has 2 aromatic carbocycles. The Balaban J connectivity index is 1.62. The summed E-state index contributed by atoms with van der Waals surface area (Å²) in [5.41, 5.74) is 6.81. The third kappa shape index (κ3) is 4.14. The van der Waals surface area contributed by atoms with Crippen LogP contribution in [-0.2, 0) is 6.54 Å². The first-order valence-corrected chi connectivity index (χ1v) is 11.8. The lowest BCUT2D eigenvalue weighted by molar-refractivity contribution is 0.310. The Morgan fingerprint density at radius 3 is 2.48 bits per heavy atom. The fourth-order valence-corrected chi connectivity index (χ4v) is 5.28. The molecule has 5 rings (SSSR count). The van der Waals surface area contributed by atoms with Crippen molar-refractivity contribution in [1.82, 2.24) is 19.8 Å². The molecule has 0 bridgehead atoms. The van der Waals surface area contributed by atoms with Crippen molar-refractivity contribution in [1.29, 1.82) is 0 Å². The Morgan fingerprint density at radius 1 is 0.970 bits per heavy atom. The molecule has 0 unspecified atom stereocenters. The van der Waals surface area contributed by atoms with Gasteiger partial charge in [-0.2, -0.15) is 0 Å². The van der Waals surface area contributed by atoms with Crippen molar-refractivity contribution in [3.05, 3.63) is 118 Å². The largest absolute Gasteiger partial charge is 0.352 e. The zero-order valence-corrected chi connectivity index (χ0v) is 20.1. The van der Waals surface area contributed by atoms with Crippen LogP contribution in [0.4, 0.5) is 0 Å². The molecule has 0 spiro atoms. The van der Waals surface area contributed by atoms with Gasteiger partial charge in [0.2, 0.25) is 0 Å². The molecule has 0 aliphatic carbocycles. The molecule has 0 radical (unpaired) electrons. The molecule has 1 saturated heterocycles. The van der Waals surface area contributed by atoms with E-state index in [0.29, 0.717) is 0 Å². The molecule has 1 N–H and O–H groups in total. The molecular weight excluding hydrogens is 448 g/mol. The van der Waals surface area contributed by atoms with Gasteiger partial charge in [-0.25, -0.2) is 0 Å². The summed E-state index contributed by atoms with van der Waals surface area (Å²) in [5, 5.41) is 5.03. The van der Waals surface area contributed by atoms with Gasteiger partial charge in [-0.15, -0.1) is 0 Å². The first kappa shape index (κ1) is 21.7. The maximum absolute atomic E-state index is 6.31. The predicted molar refractivity (Wildman–Crippen MR) is 138 cm³/mol. The fourth-order valence-electron chi connectivity index (χ4n) is 4.79. The first-order chi connectivity index (χ1) is 16.0. The molecule has 1 fully saturated rings. The SMILES string of the molecule is Cc1cc([C@@H]2[C@H](c3ccccn3)NC(=S)N2Cc2ccccc2)c(C)n1-c1cccc(Cl)c1. The van der Waals surface area contributed by atoms with Crippen LogP contribution < -0.4 is 5.32 Å². The Kier molecular flexibility index (Phi) is 5.92. The van der Waals surface area contributed by atoms with Crippen molar-refractivity contribution in [2.45, 2.75) is 32.5 Å². The lowest BCUT2D eigenvalue weighted by Crippen LogP contribution is -2.29. The lowest BCUT2D eigenvalue weighted by Gasteiger charge is -2.28. The zero-order chi connectivity index (χ0) is 22.9. The summed E-state index contributed by atoms with van der Waals surface area (Å²) in [7, 11) is 0. The van der Waals surface area contributed by atoms with Crippen molar-refractivity contribution in [3.63, 3.8) is 0 Å². The average Bonchev–Trinajstić information content (AvgIpc) is 3.30. The van der Waals surface area contributed by atoms with Crippen LogP contribution in [-0.4, -0.2) is 19.6 Å². The second-order valence-electron chi connectivity index (χ2n) is 8.38. The van der Waals surface area contributed by atoms with Gasteiger partial charge < -0.3 is 14.8 Å². The number of pyridine rings is 1. The number of nitrogens with one attached hydrogen (secondary N) is 1. The van der Waals surface area contributed by atoms with E-state index in [1.54, 1.807) is 0 Å². The predicted octanol–water partition coefficient (Wildman–Crippen LogP) is 6.32. The minimum absolute atomic E-state index is 0.00624. The molecule has 166 valence electrons. The van der Waals surface area contributed by atoms with Crippen LogP contribution in [0.2, 0.25) is 5.02 Å². The van der Waals surface area contributed by atoms with Crippen molar-refractivity contribution < 1.29 is 0 Å². The first-order valence-electron chi connectivity index (χ1n) is 11.0. The number of nitrogens with zero attached hydrogens (tertiary/aromatic N) is 3. The van der Waals surface area contributed by atoms with Gasteiger partial charge in [0.1, 0.15) is 0 Å². The third-order valence-corrected chi connectivity index (χ3v) is 6.84. The molecule has 4 aromatic rings. The number of benzene rings is 2. The number of hydrogen-bond donors (Lipinski definition) is 1. The van der Waals surface area contributed by atoms with Gasteiger partial charge in [-0.3, -0.25) is 4.98 Å². The molecule has 2 aromatic heterocycles. The standard InChI is InChI=1S/C27H25ClN4S/c1-18-15-23(19(2)32(18)22-12-8-11-21(28)16-22)26-25(24-13-6-7-14-29-24)30-27(33)31(26)17-20-9-4-3-5-10-20/h3-16,25-26H,17H2,1-2H3,(H,30,33)/t25-,26+/m0/s1. The number of halogens is 1. The van der Waals surface area contributed by atoms with E-state index >= 15 is 0 Å². The fraction of sp³-hybridized carbons (Fsp3) is 0.185. The molecule has 0 amide bonds. The third-order valence-electron chi connectivity index (χ3n) is 6.25. The van der Waals surface area contributed by atoms with Gasteiger partial charge in [0.25, 0.3) is 0 Å².